The number of halogens is 1. The van der Waals surface area contributed by atoms with E-state index in [1.165, 1.54) is 11.3 Å². The predicted molar refractivity (Wildman–Crippen MR) is 68.9 cm³/mol. The SMILES string of the molecule is N#Cc1sc2ccc(Br)cc2c1OCC(N)=O. The Bertz CT molecular complexity index is 630. The topological polar surface area (TPSA) is 76.1 Å². The maximum absolute atomic E-state index is 10.7. The number of carbonyl (C=O) groups excluding carboxylic acids is 1. The van der Waals surface area contributed by atoms with Crippen LogP contribution in [0.15, 0.2) is 22.7 Å². The van der Waals surface area contributed by atoms with Gasteiger partial charge in [-0.15, -0.1) is 11.3 Å². The zero-order chi connectivity index (χ0) is 12.4. The lowest BCUT2D eigenvalue weighted by molar-refractivity contribution is -0.119. The van der Waals surface area contributed by atoms with Gasteiger partial charge in [0.25, 0.3) is 5.91 Å². The number of amides is 1. The second kappa shape index (κ2) is 4.73. The van der Waals surface area contributed by atoms with Gasteiger partial charge in [-0.2, -0.15) is 5.26 Å². The van der Waals surface area contributed by atoms with Crippen molar-refractivity contribution >= 4 is 43.3 Å². The van der Waals surface area contributed by atoms with E-state index in [-0.39, 0.29) is 6.61 Å². The Morgan fingerprint density at radius 2 is 2.35 bits per heavy atom. The first-order chi connectivity index (χ1) is 8.11. The van der Waals surface area contributed by atoms with E-state index in [0.717, 1.165) is 14.6 Å². The minimum absolute atomic E-state index is 0.229. The molecule has 1 aromatic carbocycles. The van der Waals surface area contributed by atoms with Crippen LogP contribution in [-0.4, -0.2) is 12.5 Å². The third-order valence-electron chi connectivity index (χ3n) is 2.06. The lowest BCUT2D eigenvalue weighted by Gasteiger charge is -2.02. The summed E-state index contributed by atoms with van der Waals surface area (Å²) in [7, 11) is 0. The average Bonchev–Trinajstić information content (AvgIpc) is 2.63. The number of nitrogens with two attached hydrogens (primary N) is 1. The summed E-state index contributed by atoms with van der Waals surface area (Å²) in [6.07, 6.45) is 0. The first kappa shape index (κ1) is 11.9. The highest BCUT2D eigenvalue weighted by molar-refractivity contribution is 9.10. The highest BCUT2D eigenvalue weighted by atomic mass is 79.9. The van der Waals surface area contributed by atoms with Crippen LogP contribution in [0.2, 0.25) is 0 Å². The maximum Gasteiger partial charge on any atom is 0.255 e. The molecule has 0 saturated heterocycles. The summed E-state index contributed by atoms with van der Waals surface area (Å²) in [5, 5.41) is 9.81. The number of primary amides is 1. The number of carbonyl (C=O) groups is 1. The number of hydrogen-bond acceptors (Lipinski definition) is 4. The fourth-order valence-electron chi connectivity index (χ4n) is 1.41. The summed E-state index contributed by atoms with van der Waals surface area (Å²) >= 11 is 4.68. The van der Waals surface area contributed by atoms with E-state index >= 15 is 0 Å². The van der Waals surface area contributed by atoms with Gasteiger partial charge in [-0.05, 0) is 18.2 Å². The maximum atomic E-state index is 10.7. The zero-order valence-corrected chi connectivity index (χ0v) is 11.0. The fourth-order valence-corrected chi connectivity index (χ4v) is 2.69. The molecule has 17 heavy (non-hydrogen) atoms. The molecule has 0 aliphatic rings. The Labute approximate surface area is 110 Å². The number of nitriles is 1. The molecule has 2 rings (SSSR count). The van der Waals surface area contributed by atoms with Gasteiger partial charge < -0.3 is 10.5 Å². The van der Waals surface area contributed by atoms with Gasteiger partial charge in [0.1, 0.15) is 10.9 Å². The standard InChI is InChI=1S/C11H7BrN2O2S/c12-6-1-2-8-7(3-6)11(9(4-13)17-8)16-5-10(14)15/h1-3H,5H2,(H2,14,15). The van der Waals surface area contributed by atoms with Crippen LogP contribution in [0.3, 0.4) is 0 Å². The molecule has 1 amide bonds. The summed E-state index contributed by atoms with van der Waals surface area (Å²) in [6, 6.07) is 7.68. The van der Waals surface area contributed by atoms with Gasteiger partial charge in [0, 0.05) is 14.6 Å². The Morgan fingerprint density at radius 1 is 1.59 bits per heavy atom. The van der Waals surface area contributed by atoms with E-state index in [4.69, 9.17) is 15.7 Å². The quantitative estimate of drug-likeness (QED) is 0.945. The lowest BCUT2D eigenvalue weighted by Crippen LogP contribution is -2.20. The highest BCUT2D eigenvalue weighted by Gasteiger charge is 2.14. The van der Waals surface area contributed by atoms with Gasteiger partial charge in [0.15, 0.2) is 12.4 Å². The molecule has 0 fully saturated rings. The minimum Gasteiger partial charge on any atom is -0.481 e. The number of fused-ring (bicyclic) bond motifs is 1. The Hall–Kier alpha value is -1.58. The number of rotatable bonds is 3. The third-order valence-corrected chi connectivity index (χ3v) is 3.61. The highest BCUT2D eigenvalue weighted by Crippen LogP contribution is 2.38. The number of benzene rings is 1. The molecule has 2 N–H and O–H groups in total. The van der Waals surface area contributed by atoms with Crippen molar-refractivity contribution in [2.24, 2.45) is 5.73 Å². The first-order valence-corrected chi connectivity index (χ1v) is 6.26. The monoisotopic (exact) mass is 310 g/mol. The number of nitrogens with zero attached hydrogens (tertiary/aromatic N) is 1. The van der Waals surface area contributed by atoms with E-state index in [1.54, 1.807) is 0 Å². The molecule has 1 heterocycles. The molecule has 0 bridgehead atoms. The molecule has 0 aliphatic heterocycles. The Balaban J connectivity index is 2.53. The summed E-state index contributed by atoms with van der Waals surface area (Å²) in [5.41, 5.74) is 5.02. The Morgan fingerprint density at radius 3 is 3.00 bits per heavy atom. The van der Waals surface area contributed by atoms with Crippen LogP contribution < -0.4 is 10.5 Å². The lowest BCUT2D eigenvalue weighted by atomic mass is 10.2. The molecule has 0 spiro atoms. The van der Waals surface area contributed by atoms with Crippen molar-refractivity contribution in [3.8, 4) is 11.8 Å². The molecule has 1 aromatic heterocycles. The number of ether oxygens (including phenoxy) is 1. The van der Waals surface area contributed by atoms with Crippen LogP contribution in [-0.2, 0) is 4.79 Å². The molecule has 0 atom stereocenters. The van der Waals surface area contributed by atoms with Gasteiger partial charge in [-0.3, -0.25) is 4.79 Å². The fraction of sp³-hybridized carbons (Fsp3) is 0.0909. The van der Waals surface area contributed by atoms with Crippen molar-refractivity contribution in [2.75, 3.05) is 6.61 Å². The van der Waals surface area contributed by atoms with Crippen molar-refractivity contribution < 1.29 is 9.53 Å². The number of hydrogen-bond donors (Lipinski definition) is 1. The number of thiophene rings is 1. The summed E-state index contributed by atoms with van der Waals surface area (Å²) < 4.78 is 7.11. The summed E-state index contributed by atoms with van der Waals surface area (Å²) in [5.74, 6) is -0.143. The van der Waals surface area contributed by atoms with E-state index in [0.29, 0.717) is 10.6 Å². The van der Waals surface area contributed by atoms with E-state index in [9.17, 15) is 4.79 Å². The molecular formula is C11H7BrN2O2S. The smallest absolute Gasteiger partial charge is 0.255 e. The second-order valence-corrected chi connectivity index (χ2v) is 5.24. The summed E-state index contributed by atoms with van der Waals surface area (Å²) in [4.78, 5) is 11.1. The van der Waals surface area contributed by atoms with Crippen LogP contribution in [0.4, 0.5) is 0 Å². The van der Waals surface area contributed by atoms with Crippen molar-refractivity contribution in [1.82, 2.24) is 0 Å². The second-order valence-electron chi connectivity index (χ2n) is 3.27. The molecule has 2 aromatic rings. The van der Waals surface area contributed by atoms with Crippen molar-refractivity contribution in [2.45, 2.75) is 0 Å². The van der Waals surface area contributed by atoms with Gasteiger partial charge in [-0.25, -0.2) is 0 Å². The van der Waals surface area contributed by atoms with E-state index < -0.39 is 5.91 Å². The average molecular weight is 311 g/mol. The molecule has 0 unspecified atom stereocenters. The predicted octanol–water partition coefficient (Wildman–Crippen LogP) is 2.40. The van der Waals surface area contributed by atoms with E-state index in [2.05, 4.69) is 22.0 Å². The molecule has 0 aliphatic carbocycles. The van der Waals surface area contributed by atoms with E-state index in [1.807, 2.05) is 18.2 Å². The van der Waals surface area contributed by atoms with Gasteiger partial charge in [0.05, 0.1) is 0 Å². The molecule has 0 radical (unpaired) electrons. The zero-order valence-electron chi connectivity index (χ0n) is 8.57. The Kier molecular flexibility index (Phi) is 3.31. The molecule has 86 valence electrons. The minimum atomic E-state index is -0.566. The van der Waals surface area contributed by atoms with Gasteiger partial charge in [-0.1, -0.05) is 15.9 Å². The first-order valence-electron chi connectivity index (χ1n) is 4.65. The summed E-state index contributed by atoms with van der Waals surface area (Å²) in [6.45, 7) is -0.229. The van der Waals surface area contributed by atoms with Crippen LogP contribution in [0.1, 0.15) is 4.88 Å². The van der Waals surface area contributed by atoms with Crippen LogP contribution >= 0.6 is 27.3 Å². The van der Waals surface area contributed by atoms with Crippen LogP contribution in [0.25, 0.3) is 10.1 Å². The van der Waals surface area contributed by atoms with Gasteiger partial charge >= 0.3 is 0 Å². The van der Waals surface area contributed by atoms with Crippen molar-refractivity contribution in [3.05, 3.63) is 27.5 Å². The van der Waals surface area contributed by atoms with Crippen molar-refractivity contribution in [3.63, 3.8) is 0 Å². The normalized spacial score (nSPS) is 10.1. The third kappa shape index (κ3) is 2.40. The van der Waals surface area contributed by atoms with Crippen LogP contribution in [0, 0.1) is 11.3 Å². The largest absolute Gasteiger partial charge is 0.481 e. The molecule has 6 heteroatoms. The van der Waals surface area contributed by atoms with Crippen LogP contribution in [0.5, 0.6) is 5.75 Å². The van der Waals surface area contributed by atoms with Crippen molar-refractivity contribution in [1.29, 1.82) is 5.26 Å². The molecule has 4 nitrogen and oxygen atoms in total. The molecule has 0 saturated carbocycles. The van der Waals surface area contributed by atoms with Gasteiger partial charge in [0.2, 0.25) is 0 Å². The molecular weight excluding hydrogens is 304 g/mol.